The summed E-state index contributed by atoms with van der Waals surface area (Å²) in [5.41, 5.74) is 3.00. The Morgan fingerprint density at radius 3 is 3.06 bits per heavy atom. The van der Waals surface area contributed by atoms with E-state index in [4.69, 9.17) is 11.6 Å². The maximum atomic E-state index is 6.07. The Labute approximate surface area is 102 Å². The molecular weight excluding hydrogens is 218 g/mol. The van der Waals surface area contributed by atoms with Crippen molar-refractivity contribution >= 4 is 11.6 Å². The van der Waals surface area contributed by atoms with Gasteiger partial charge in [-0.05, 0) is 49.4 Å². The minimum atomic E-state index is 0.657. The lowest BCUT2D eigenvalue weighted by Crippen LogP contribution is -2.44. The van der Waals surface area contributed by atoms with Crippen LogP contribution in [0.25, 0.3) is 0 Å². The average molecular weight is 236 g/mol. The van der Waals surface area contributed by atoms with E-state index in [1.165, 1.54) is 36.9 Å². The molecule has 0 N–H and O–H groups in total. The van der Waals surface area contributed by atoms with Crippen molar-refractivity contribution in [2.75, 3.05) is 6.54 Å². The zero-order valence-electron chi connectivity index (χ0n) is 9.75. The Hall–Kier alpha value is -0.530. The number of nitrogens with zero attached hydrogens (tertiary/aromatic N) is 1. The molecular formula is C14H18ClN. The lowest BCUT2D eigenvalue weighted by Gasteiger charge is -2.44. The van der Waals surface area contributed by atoms with Gasteiger partial charge in [-0.3, -0.25) is 4.90 Å². The third kappa shape index (κ3) is 1.66. The van der Waals surface area contributed by atoms with Crippen molar-refractivity contribution in [1.82, 2.24) is 4.90 Å². The molecule has 86 valence electrons. The predicted molar refractivity (Wildman–Crippen MR) is 67.9 cm³/mol. The topological polar surface area (TPSA) is 3.24 Å². The Morgan fingerprint density at radius 2 is 2.19 bits per heavy atom. The fraction of sp³-hybridized carbons (Fsp3) is 0.571. The molecule has 0 saturated carbocycles. The maximum absolute atomic E-state index is 6.07. The largest absolute Gasteiger partial charge is 0.293 e. The minimum absolute atomic E-state index is 0.657. The second-order valence-corrected chi connectivity index (χ2v) is 5.56. The number of benzene rings is 1. The van der Waals surface area contributed by atoms with Crippen LogP contribution in [-0.2, 0) is 6.42 Å². The molecule has 2 aliphatic heterocycles. The Kier molecular flexibility index (Phi) is 2.68. The molecule has 1 saturated heterocycles. The smallest absolute Gasteiger partial charge is 0.0408 e. The van der Waals surface area contributed by atoms with Gasteiger partial charge >= 0.3 is 0 Å². The van der Waals surface area contributed by atoms with Gasteiger partial charge in [0.15, 0.2) is 0 Å². The molecule has 1 nitrogen and oxygen atoms in total. The molecule has 3 rings (SSSR count). The summed E-state index contributed by atoms with van der Waals surface area (Å²) in [6.07, 6.45) is 5.21. The molecule has 1 fully saturated rings. The molecule has 2 unspecified atom stereocenters. The van der Waals surface area contributed by atoms with Crippen molar-refractivity contribution in [3.05, 3.63) is 34.3 Å². The molecule has 1 aromatic carbocycles. The van der Waals surface area contributed by atoms with E-state index >= 15 is 0 Å². The number of hydrogen-bond acceptors (Lipinski definition) is 1. The fourth-order valence-electron chi connectivity index (χ4n) is 3.32. The lowest BCUT2D eigenvalue weighted by atomic mass is 9.85. The molecule has 0 aromatic heterocycles. The molecule has 2 aliphatic rings. The summed E-state index contributed by atoms with van der Waals surface area (Å²) in [6, 6.07) is 7.86. The third-order valence-corrected chi connectivity index (χ3v) is 4.40. The quantitative estimate of drug-likeness (QED) is 0.661. The van der Waals surface area contributed by atoms with Gasteiger partial charge in [-0.2, -0.15) is 0 Å². The summed E-state index contributed by atoms with van der Waals surface area (Å²) in [7, 11) is 0. The average Bonchev–Trinajstić information content (AvgIpc) is 2.28. The van der Waals surface area contributed by atoms with E-state index in [1.807, 2.05) is 6.07 Å². The van der Waals surface area contributed by atoms with Gasteiger partial charge in [0.1, 0.15) is 0 Å². The molecule has 0 radical (unpaired) electrons. The molecule has 0 amide bonds. The van der Waals surface area contributed by atoms with Crippen molar-refractivity contribution in [3.8, 4) is 0 Å². The molecule has 1 aromatic rings. The van der Waals surface area contributed by atoms with Crippen LogP contribution in [0.1, 0.15) is 43.4 Å². The molecule has 0 aliphatic carbocycles. The zero-order chi connectivity index (χ0) is 11.1. The standard InChI is InChI=1S/C14H18ClN/c1-10-3-2-4-14-13-6-5-12(15)9-11(13)7-8-16(10)14/h5-6,9-10,14H,2-4,7-8H2,1H3. The fourth-order valence-corrected chi connectivity index (χ4v) is 3.52. The van der Waals surface area contributed by atoms with Gasteiger partial charge in [0.2, 0.25) is 0 Å². The molecule has 0 spiro atoms. The first kappa shape index (κ1) is 10.6. The maximum Gasteiger partial charge on any atom is 0.0408 e. The second kappa shape index (κ2) is 4.05. The highest BCUT2D eigenvalue weighted by Gasteiger charge is 2.32. The third-order valence-electron chi connectivity index (χ3n) is 4.17. The van der Waals surface area contributed by atoms with Gasteiger partial charge in [0.05, 0.1) is 0 Å². The van der Waals surface area contributed by atoms with Crippen molar-refractivity contribution < 1.29 is 0 Å². The van der Waals surface area contributed by atoms with Crippen molar-refractivity contribution in [2.45, 2.75) is 44.7 Å². The number of halogens is 1. The van der Waals surface area contributed by atoms with E-state index in [0.717, 1.165) is 17.5 Å². The molecule has 0 bridgehead atoms. The van der Waals surface area contributed by atoms with Gasteiger partial charge in [0, 0.05) is 23.7 Å². The van der Waals surface area contributed by atoms with E-state index in [-0.39, 0.29) is 0 Å². The zero-order valence-corrected chi connectivity index (χ0v) is 10.5. The SMILES string of the molecule is CC1CCCC2c3ccc(Cl)cc3CCN12. The van der Waals surface area contributed by atoms with Gasteiger partial charge in [-0.15, -0.1) is 0 Å². The Bertz CT molecular complexity index is 402. The number of hydrogen-bond donors (Lipinski definition) is 0. The highest BCUT2D eigenvalue weighted by molar-refractivity contribution is 6.30. The first-order chi connectivity index (χ1) is 7.75. The predicted octanol–water partition coefficient (Wildman–Crippen LogP) is 3.81. The molecule has 2 heteroatoms. The van der Waals surface area contributed by atoms with Crippen molar-refractivity contribution in [2.24, 2.45) is 0 Å². The lowest BCUT2D eigenvalue weighted by molar-refractivity contribution is 0.0843. The van der Waals surface area contributed by atoms with E-state index in [9.17, 15) is 0 Å². The van der Waals surface area contributed by atoms with Gasteiger partial charge < -0.3 is 0 Å². The van der Waals surface area contributed by atoms with Crippen LogP contribution < -0.4 is 0 Å². The van der Waals surface area contributed by atoms with Crippen molar-refractivity contribution in [1.29, 1.82) is 0 Å². The van der Waals surface area contributed by atoms with Crippen LogP contribution in [0.5, 0.6) is 0 Å². The summed E-state index contributed by atoms with van der Waals surface area (Å²) in [6.45, 7) is 3.58. The van der Waals surface area contributed by atoms with Crippen LogP contribution in [0.2, 0.25) is 5.02 Å². The summed E-state index contributed by atoms with van der Waals surface area (Å²) in [5, 5.41) is 0.885. The number of fused-ring (bicyclic) bond motifs is 3. The van der Waals surface area contributed by atoms with Gasteiger partial charge in [-0.1, -0.05) is 24.1 Å². The minimum Gasteiger partial charge on any atom is -0.293 e. The molecule has 16 heavy (non-hydrogen) atoms. The highest BCUT2D eigenvalue weighted by Crippen LogP contribution is 2.39. The monoisotopic (exact) mass is 235 g/mol. The second-order valence-electron chi connectivity index (χ2n) is 5.13. The summed E-state index contributed by atoms with van der Waals surface area (Å²) < 4.78 is 0. The summed E-state index contributed by atoms with van der Waals surface area (Å²) in [4.78, 5) is 2.68. The van der Waals surface area contributed by atoms with E-state index in [2.05, 4.69) is 24.0 Å². The Morgan fingerprint density at radius 1 is 1.31 bits per heavy atom. The summed E-state index contributed by atoms with van der Waals surface area (Å²) in [5.74, 6) is 0. The van der Waals surface area contributed by atoms with Crippen LogP contribution in [0.15, 0.2) is 18.2 Å². The molecule has 2 atom stereocenters. The molecule has 2 heterocycles. The van der Waals surface area contributed by atoms with Crippen LogP contribution in [-0.4, -0.2) is 17.5 Å². The Balaban J connectivity index is 1.99. The first-order valence-electron chi connectivity index (χ1n) is 6.30. The van der Waals surface area contributed by atoms with E-state index < -0.39 is 0 Å². The first-order valence-corrected chi connectivity index (χ1v) is 6.67. The van der Waals surface area contributed by atoms with Gasteiger partial charge in [0.25, 0.3) is 0 Å². The highest BCUT2D eigenvalue weighted by atomic mass is 35.5. The van der Waals surface area contributed by atoms with Gasteiger partial charge in [-0.25, -0.2) is 0 Å². The number of piperidine rings is 1. The van der Waals surface area contributed by atoms with Crippen LogP contribution >= 0.6 is 11.6 Å². The van der Waals surface area contributed by atoms with Crippen LogP contribution in [0, 0.1) is 0 Å². The van der Waals surface area contributed by atoms with E-state index in [0.29, 0.717) is 6.04 Å². The normalized spacial score (nSPS) is 29.6. The number of rotatable bonds is 0. The van der Waals surface area contributed by atoms with Crippen LogP contribution in [0.4, 0.5) is 0 Å². The van der Waals surface area contributed by atoms with E-state index in [1.54, 1.807) is 0 Å². The van der Waals surface area contributed by atoms with Crippen molar-refractivity contribution in [3.63, 3.8) is 0 Å². The van der Waals surface area contributed by atoms with Crippen LogP contribution in [0.3, 0.4) is 0 Å². The summed E-state index contributed by atoms with van der Waals surface area (Å²) >= 11 is 6.07.